The molecule has 11 aliphatic rings. The highest BCUT2D eigenvalue weighted by atomic mass is 127. The molecule has 0 amide bonds. The number of alkyl halides is 1. The van der Waals surface area contributed by atoms with E-state index < -0.39 is 42.1 Å². The lowest BCUT2D eigenvalue weighted by atomic mass is 9.78. The van der Waals surface area contributed by atoms with Crippen molar-refractivity contribution in [1.29, 1.82) is 0 Å². The average Bonchev–Trinajstić information content (AvgIpc) is 3.75. The lowest BCUT2D eigenvalue weighted by Crippen LogP contribution is -2.62. The summed E-state index contributed by atoms with van der Waals surface area (Å²) >= 11 is 2.41. The molecule has 11 saturated heterocycles. The molecular formula is C45H63IO12. The Kier molecular flexibility index (Phi) is 11.3. The second kappa shape index (κ2) is 16.0. The van der Waals surface area contributed by atoms with Crippen LogP contribution in [0.5, 0.6) is 0 Å². The van der Waals surface area contributed by atoms with E-state index in [1.54, 1.807) is 6.08 Å². The Bertz CT molecular complexity index is 1610. The van der Waals surface area contributed by atoms with Crippen molar-refractivity contribution in [1.82, 2.24) is 0 Å². The van der Waals surface area contributed by atoms with Gasteiger partial charge >= 0.3 is 5.97 Å². The molecule has 58 heavy (non-hydrogen) atoms. The zero-order valence-electron chi connectivity index (χ0n) is 34.3. The average molecular weight is 923 g/mol. The van der Waals surface area contributed by atoms with E-state index in [-0.39, 0.29) is 91.4 Å². The van der Waals surface area contributed by atoms with Gasteiger partial charge in [0.1, 0.15) is 36.6 Å². The minimum atomic E-state index is -1.02. The number of rotatable bonds is 4. The van der Waals surface area contributed by atoms with Gasteiger partial charge in [0.15, 0.2) is 5.79 Å². The number of hydrogen-bond donors (Lipinski definition) is 0. The molecule has 0 aromatic heterocycles. The van der Waals surface area contributed by atoms with Crippen molar-refractivity contribution in [2.45, 2.75) is 207 Å². The van der Waals surface area contributed by atoms with Crippen LogP contribution in [-0.4, -0.2) is 126 Å². The third-order valence-corrected chi connectivity index (χ3v) is 16.3. The molecule has 21 unspecified atom stereocenters. The summed E-state index contributed by atoms with van der Waals surface area (Å²) in [4.78, 5) is 14.2. The van der Waals surface area contributed by atoms with Crippen molar-refractivity contribution in [3.8, 4) is 0 Å². The highest BCUT2D eigenvalue weighted by molar-refractivity contribution is 14.1. The molecule has 0 saturated carbocycles. The minimum absolute atomic E-state index is 0.00605. The Labute approximate surface area is 356 Å². The fourth-order valence-corrected chi connectivity index (χ4v) is 13.4. The number of hydrogen-bond acceptors (Lipinski definition) is 12. The molecule has 11 heterocycles. The normalized spacial score (nSPS) is 53.9. The Morgan fingerprint density at radius 1 is 0.741 bits per heavy atom. The van der Waals surface area contributed by atoms with E-state index in [1.807, 2.05) is 0 Å². The number of ether oxygens (including phenoxy) is 11. The molecule has 12 bridgehead atoms. The van der Waals surface area contributed by atoms with Crippen LogP contribution >= 0.6 is 22.6 Å². The monoisotopic (exact) mass is 922 g/mol. The van der Waals surface area contributed by atoms with Gasteiger partial charge in [-0.3, -0.25) is 4.79 Å². The van der Waals surface area contributed by atoms with Crippen molar-refractivity contribution in [2.75, 3.05) is 11.0 Å². The third kappa shape index (κ3) is 7.23. The molecule has 0 radical (unpaired) electrons. The largest absolute Gasteiger partial charge is 0.459 e. The lowest BCUT2D eigenvalue weighted by molar-refractivity contribution is -0.304. The molecule has 0 N–H and O–H groups in total. The zero-order chi connectivity index (χ0) is 40.1. The number of carbonyl (C=O) groups excluding carboxylic acids is 1. The molecule has 322 valence electrons. The van der Waals surface area contributed by atoms with E-state index in [0.717, 1.165) is 54.1 Å². The Balaban J connectivity index is 0.948. The second-order valence-corrected chi connectivity index (χ2v) is 20.2. The zero-order valence-corrected chi connectivity index (χ0v) is 36.5. The summed E-state index contributed by atoms with van der Waals surface area (Å²) in [5.74, 6) is -1.73. The van der Waals surface area contributed by atoms with Crippen LogP contribution in [0.25, 0.3) is 0 Å². The van der Waals surface area contributed by atoms with Gasteiger partial charge in [-0.25, -0.2) is 0 Å². The molecule has 0 aromatic carbocycles. The number of fused-ring (bicyclic) bond motifs is 7. The maximum Gasteiger partial charge on any atom is 0.308 e. The predicted octanol–water partition coefficient (Wildman–Crippen LogP) is 6.44. The van der Waals surface area contributed by atoms with Gasteiger partial charge in [0, 0.05) is 23.2 Å². The summed E-state index contributed by atoms with van der Waals surface area (Å²) in [5.41, 5.74) is 2.20. The van der Waals surface area contributed by atoms with Crippen LogP contribution in [0.3, 0.4) is 0 Å². The minimum Gasteiger partial charge on any atom is -0.459 e. The standard InChI is InChI=1S/C45H63IO12/c1-7-14-48-45-21-44-13-12-29-16-23(3)30(49-29)10-8-27-15-22(2)25(5)32(50-27)19-34-38(26(6)37-33(52-34)17-24(4)35(20-46)54-37)55-36(47)18-28-9-11-31-39(51-28)40(56-44)41(57-45)42(53-31)43(45)58-44/h7,22,24,26-35,37-43H,1,3,5,8-21H2,2,4,6H3. The van der Waals surface area contributed by atoms with Crippen molar-refractivity contribution in [3.63, 3.8) is 0 Å². The fraction of sp³-hybridized carbons (Fsp3) is 0.844. The van der Waals surface area contributed by atoms with Crippen molar-refractivity contribution in [2.24, 2.45) is 17.8 Å². The van der Waals surface area contributed by atoms with Gasteiger partial charge in [0.25, 0.3) is 0 Å². The van der Waals surface area contributed by atoms with Crippen LogP contribution in [0.2, 0.25) is 0 Å². The van der Waals surface area contributed by atoms with Crippen molar-refractivity contribution in [3.05, 3.63) is 37.0 Å². The van der Waals surface area contributed by atoms with Gasteiger partial charge in [-0.05, 0) is 74.3 Å². The van der Waals surface area contributed by atoms with E-state index in [2.05, 4.69) is 63.1 Å². The summed E-state index contributed by atoms with van der Waals surface area (Å²) in [7, 11) is 0. The van der Waals surface area contributed by atoms with E-state index in [0.29, 0.717) is 44.6 Å². The summed E-state index contributed by atoms with van der Waals surface area (Å²) in [6.45, 7) is 19.9. The van der Waals surface area contributed by atoms with Crippen molar-refractivity contribution < 1.29 is 56.9 Å². The number of halogens is 1. The van der Waals surface area contributed by atoms with Gasteiger partial charge < -0.3 is 52.1 Å². The van der Waals surface area contributed by atoms with E-state index >= 15 is 0 Å². The van der Waals surface area contributed by atoms with Gasteiger partial charge in [-0.15, -0.1) is 6.58 Å². The lowest BCUT2D eigenvalue weighted by Gasteiger charge is -2.51. The molecule has 0 aromatic rings. The predicted molar refractivity (Wildman–Crippen MR) is 218 cm³/mol. The van der Waals surface area contributed by atoms with E-state index in [1.165, 1.54) is 0 Å². The second-order valence-electron chi connectivity index (χ2n) is 19.3. The van der Waals surface area contributed by atoms with Gasteiger partial charge in [0.05, 0.1) is 80.5 Å². The first-order valence-corrected chi connectivity index (χ1v) is 23.8. The molecule has 1 spiro atoms. The third-order valence-electron chi connectivity index (χ3n) is 15.4. The first-order valence-electron chi connectivity index (χ1n) is 22.3. The number of carbonyl (C=O) groups is 1. The van der Waals surface area contributed by atoms with Crippen LogP contribution < -0.4 is 0 Å². The van der Waals surface area contributed by atoms with Gasteiger partial charge in [-0.1, -0.05) is 62.6 Å². The summed E-state index contributed by atoms with van der Waals surface area (Å²) in [5, 5.41) is 0. The first-order chi connectivity index (χ1) is 27.9. The molecule has 0 aliphatic carbocycles. The Morgan fingerprint density at radius 2 is 1.52 bits per heavy atom. The quantitative estimate of drug-likeness (QED) is 0.134. The summed E-state index contributed by atoms with van der Waals surface area (Å²) in [6.07, 6.45) is 5.75. The summed E-state index contributed by atoms with van der Waals surface area (Å²) < 4.78 is 75.8. The molecule has 11 rings (SSSR count). The number of esters is 1. The Hall–Kier alpha value is -0.980. The highest BCUT2D eigenvalue weighted by Gasteiger charge is 2.75. The van der Waals surface area contributed by atoms with Crippen molar-refractivity contribution >= 4 is 28.6 Å². The molecular weight excluding hydrogens is 859 g/mol. The molecule has 12 nitrogen and oxygen atoms in total. The van der Waals surface area contributed by atoms with E-state index in [4.69, 9.17) is 52.1 Å². The molecule has 21 atom stereocenters. The highest BCUT2D eigenvalue weighted by Crippen LogP contribution is 2.59. The first kappa shape index (κ1) is 41.1. The van der Waals surface area contributed by atoms with Crippen LogP contribution in [0.15, 0.2) is 37.0 Å². The van der Waals surface area contributed by atoms with Gasteiger partial charge in [-0.2, -0.15) is 0 Å². The SMILES string of the molecule is C=CCOC12CC34CCC5CC(=C)C(CCC6CC(C)C(=C)C(CC7OC8CC(C)C(CI)OC8C(C)C7OC(=O)CC7CCC8OC(C(O1)C(O3)C8O7)C2O4)O6)O5. The van der Waals surface area contributed by atoms with Crippen LogP contribution in [0.4, 0.5) is 0 Å². The molecule has 11 aliphatic heterocycles. The summed E-state index contributed by atoms with van der Waals surface area (Å²) in [6, 6.07) is 0. The topological polar surface area (TPSA) is 119 Å². The molecule has 13 heteroatoms. The maximum absolute atomic E-state index is 14.2. The van der Waals surface area contributed by atoms with Gasteiger partial charge in [0.2, 0.25) is 5.79 Å². The molecule has 11 fully saturated rings. The smallest absolute Gasteiger partial charge is 0.308 e. The Morgan fingerprint density at radius 3 is 2.34 bits per heavy atom. The maximum atomic E-state index is 14.2. The van der Waals surface area contributed by atoms with Crippen LogP contribution in [0.1, 0.15) is 97.8 Å². The van der Waals surface area contributed by atoms with E-state index in [9.17, 15) is 4.79 Å². The van der Waals surface area contributed by atoms with Crippen LogP contribution in [-0.2, 0) is 56.9 Å². The van der Waals surface area contributed by atoms with Crippen LogP contribution in [0, 0.1) is 17.8 Å². The fourth-order valence-electron chi connectivity index (χ4n) is 12.3.